The summed E-state index contributed by atoms with van der Waals surface area (Å²) in [6.07, 6.45) is 3.95. The lowest BCUT2D eigenvalue weighted by Gasteiger charge is -2.26. The van der Waals surface area contributed by atoms with Gasteiger partial charge in [-0.05, 0) is 48.6 Å². The molecule has 0 atom stereocenters. The van der Waals surface area contributed by atoms with Crippen LogP contribution in [0.1, 0.15) is 30.7 Å². The first kappa shape index (κ1) is 13.6. The second-order valence-corrected chi connectivity index (χ2v) is 5.55. The molecule has 0 spiro atoms. The number of benzene rings is 2. The zero-order chi connectivity index (χ0) is 14.8. The fraction of sp³-hybridized carbons (Fsp3) is 0.294. The maximum Gasteiger partial charge on any atom is 0.269 e. The molecule has 0 radical (unpaired) electrons. The first-order valence-corrected chi connectivity index (χ1v) is 7.23. The molecule has 4 nitrogen and oxygen atoms in total. The second-order valence-electron chi connectivity index (χ2n) is 5.55. The van der Waals surface area contributed by atoms with E-state index in [-0.39, 0.29) is 10.6 Å². The fourth-order valence-electron chi connectivity index (χ4n) is 2.66. The molecule has 0 N–H and O–H groups in total. The van der Waals surface area contributed by atoms with Crippen molar-refractivity contribution in [3.8, 4) is 0 Å². The van der Waals surface area contributed by atoms with Crippen LogP contribution in [0.15, 0.2) is 48.5 Å². The minimum atomic E-state index is -0.378. The summed E-state index contributed by atoms with van der Waals surface area (Å²) in [5.41, 5.74) is 3.57. The highest BCUT2D eigenvalue weighted by Gasteiger charge is 2.19. The average Bonchev–Trinajstić information content (AvgIpc) is 2.46. The molecule has 1 aliphatic carbocycles. The summed E-state index contributed by atoms with van der Waals surface area (Å²) in [6, 6.07) is 15.3. The number of hydrogen-bond donors (Lipinski definition) is 0. The van der Waals surface area contributed by atoms with Crippen LogP contribution in [-0.2, 0) is 0 Å². The summed E-state index contributed by atoms with van der Waals surface area (Å²) in [5.74, 6) is 0.740. The molecule has 2 aromatic rings. The molecule has 0 aliphatic heterocycles. The molecule has 1 aliphatic rings. The van der Waals surface area contributed by atoms with E-state index in [1.165, 1.54) is 37.0 Å². The van der Waals surface area contributed by atoms with Crippen molar-refractivity contribution >= 4 is 17.1 Å². The molecule has 0 saturated heterocycles. The van der Waals surface area contributed by atoms with Crippen LogP contribution in [0, 0.1) is 10.1 Å². The monoisotopic (exact) mass is 282 g/mol. The van der Waals surface area contributed by atoms with Crippen LogP contribution in [0.5, 0.6) is 0 Å². The smallest absolute Gasteiger partial charge is 0.269 e. The van der Waals surface area contributed by atoms with E-state index < -0.39 is 0 Å². The quantitative estimate of drug-likeness (QED) is 0.606. The first-order chi connectivity index (χ1) is 10.1. The van der Waals surface area contributed by atoms with Gasteiger partial charge in [0.05, 0.1) is 4.92 Å². The number of nitro groups is 1. The maximum absolute atomic E-state index is 10.7. The van der Waals surface area contributed by atoms with Crippen LogP contribution in [0.4, 0.5) is 17.1 Å². The van der Waals surface area contributed by atoms with Gasteiger partial charge in [0.15, 0.2) is 0 Å². The lowest BCUT2D eigenvalue weighted by molar-refractivity contribution is -0.384. The molecule has 0 heterocycles. The third kappa shape index (κ3) is 2.75. The summed E-state index contributed by atoms with van der Waals surface area (Å²) >= 11 is 0. The van der Waals surface area contributed by atoms with E-state index in [0.717, 1.165) is 17.3 Å². The Morgan fingerprint density at radius 2 is 1.52 bits per heavy atom. The molecule has 4 heteroatoms. The third-order valence-corrected chi connectivity index (χ3v) is 4.30. The van der Waals surface area contributed by atoms with Gasteiger partial charge in [-0.2, -0.15) is 0 Å². The predicted molar refractivity (Wildman–Crippen MR) is 84.2 cm³/mol. The lowest BCUT2D eigenvalue weighted by atomic mass is 9.80. The van der Waals surface area contributed by atoms with E-state index in [4.69, 9.17) is 0 Å². The predicted octanol–water partition coefficient (Wildman–Crippen LogP) is 4.63. The highest BCUT2D eigenvalue weighted by atomic mass is 16.6. The molecule has 21 heavy (non-hydrogen) atoms. The van der Waals surface area contributed by atoms with Crippen LogP contribution in [-0.4, -0.2) is 12.0 Å². The summed E-state index contributed by atoms with van der Waals surface area (Å²) < 4.78 is 0. The van der Waals surface area contributed by atoms with E-state index in [0.29, 0.717) is 0 Å². The molecule has 1 fully saturated rings. The van der Waals surface area contributed by atoms with E-state index in [9.17, 15) is 10.1 Å². The molecular formula is C17H18N2O2. The number of hydrogen-bond acceptors (Lipinski definition) is 3. The second kappa shape index (κ2) is 5.56. The van der Waals surface area contributed by atoms with E-state index >= 15 is 0 Å². The fourth-order valence-corrected chi connectivity index (χ4v) is 2.66. The highest BCUT2D eigenvalue weighted by molar-refractivity contribution is 5.63. The van der Waals surface area contributed by atoms with Crippen molar-refractivity contribution in [2.75, 3.05) is 11.9 Å². The largest absolute Gasteiger partial charge is 0.345 e. The number of rotatable bonds is 4. The van der Waals surface area contributed by atoms with E-state index in [1.807, 2.05) is 11.9 Å². The van der Waals surface area contributed by atoms with Crippen molar-refractivity contribution in [1.82, 2.24) is 0 Å². The summed E-state index contributed by atoms with van der Waals surface area (Å²) in [4.78, 5) is 12.3. The van der Waals surface area contributed by atoms with Crippen molar-refractivity contribution in [2.45, 2.75) is 25.2 Å². The van der Waals surface area contributed by atoms with Crippen LogP contribution in [0.3, 0.4) is 0 Å². The lowest BCUT2D eigenvalue weighted by Crippen LogP contribution is -2.11. The minimum Gasteiger partial charge on any atom is -0.345 e. The molecule has 0 bridgehead atoms. The standard InChI is InChI=1S/C17H18N2O2/c1-18(16-9-11-17(12-10-16)19(20)21)15-7-5-14(6-8-15)13-3-2-4-13/h5-13H,2-4H2,1H3. The third-order valence-electron chi connectivity index (χ3n) is 4.30. The Morgan fingerprint density at radius 3 is 1.95 bits per heavy atom. The van der Waals surface area contributed by atoms with Gasteiger partial charge in [-0.15, -0.1) is 0 Å². The topological polar surface area (TPSA) is 46.4 Å². The van der Waals surface area contributed by atoms with Gasteiger partial charge < -0.3 is 4.90 Å². The zero-order valence-corrected chi connectivity index (χ0v) is 12.0. The Hall–Kier alpha value is -2.36. The highest BCUT2D eigenvalue weighted by Crippen LogP contribution is 2.37. The SMILES string of the molecule is CN(c1ccc(C2CCC2)cc1)c1ccc([N+](=O)[O-])cc1. The van der Waals surface area contributed by atoms with Gasteiger partial charge in [0, 0.05) is 30.6 Å². The van der Waals surface area contributed by atoms with Crippen LogP contribution in [0.2, 0.25) is 0 Å². The molecule has 108 valence electrons. The van der Waals surface area contributed by atoms with Crippen LogP contribution in [0.25, 0.3) is 0 Å². The van der Waals surface area contributed by atoms with Crippen molar-refractivity contribution in [3.05, 3.63) is 64.2 Å². The summed E-state index contributed by atoms with van der Waals surface area (Å²) in [7, 11) is 1.97. The van der Waals surface area contributed by atoms with Crippen LogP contribution < -0.4 is 4.90 Å². The van der Waals surface area contributed by atoms with E-state index in [2.05, 4.69) is 24.3 Å². The first-order valence-electron chi connectivity index (χ1n) is 7.23. The number of nitrogens with zero attached hydrogens (tertiary/aromatic N) is 2. The Morgan fingerprint density at radius 1 is 1.00 bits per heavy atom. The van der Waals surface area contributed by atoms with Gasteiger partial charge in [0.2, 0.25) is 0 Å². The molecule has 0 aromatic heterocycles. The normalized spacial score (nSPS) is 14.5. The Labute approximate surface area is 124 Å². The number of anilines is 2. The number of non-ortho nitro benzene ring substituents is 1. The number of nitro benzene ring substituents is 1. The molecule has 0 amide bonds. The van der Waals surface area contributed by atoms with Gasteiger partial charge in [0.25, 0.3) is 5.69 Å². The van der Waals surface area contributed by atoms with Gasteiger partial charge in [-0.25, -0.2) is 0 Å². The average molecular weight is 282 g/mol. The molecule has 0 unspecified atom stereocenters. The maximum atomic E-state index is 10.7. The minimum absolute atomic E-state index is 0.118. The summed E-state index contributed by atoms with van der Waals surface area (Å²) in [6.45, 7) is 0. The van der Waals surface area contributed by atoms with Crippen molar-refractivity contribution in [1.29, 1.82) is 0 Å². The molecule has 1 saturated carbocycles. The van der Waals surface area contributed by atoms with Gasteiger partial charge in [-0.1, -0.05) is 18.6 Å². The Bertz CT molecular complexity index is 631. The summed E-state index contributed by atoms with van der Waals surface area (Å²) in [5, 5.41) is 10.7. The van der Waals surface area contributed by atoms with Crippen molar-refractivity contribution in [2.24, 2.45) is 0 Å². The Kier molecular flexibility index (Phi) is 3.60. The van der Waals surface area contributed by atoms with Crippen molar-refractivity contribution in [3.63, 3.8) is 0 Å². The Balaban J connectivity index is 1.77. The van der Waals surface area contributed by atoms with Gasteiger partial charge >= 0.3 is 0 Å². The van der Waals surface area contributed by atoms with E-state index in [1.54, 1.807) is 12.1 Å². The van der Waals surface area contributed by atoms with Gasteiger partial charge in [-0.3, -0.25) is 10.1 Å². The van der Waals surface area contributed by atoms with Gasteiger partial charge in [0.1, 0.15) is 0 Å². The molecule has 2 aromatic carbocycles. The molecule has 3 rings (SSSR count). The molecular weight excluding hydrogens is 264 g/mol. The van der Waals surface area contributed by atoms with Crippen LogP contribution >= 0.6 is 0 Å². The van der Waals surface area contributed by atoms with Crippen molar-refractivity contribution < 1.29 is 4.92 Å². The zero-order valence-electron chi connectivity index (χ0n) is 12.0.